The Morgan fingerprint density at radius 1 is 1.38 bits per heavy atom. The van der Waals surface area contributed by atoms with Gasteiger partial charge in [-0.3, -0.25) is 4.90 Å². The van der Waals surface area contributed by atoms with Crippen LogP contribution in [0.3, 0.4) is 0 Å². The monoisotopic (exact) mass is 226 g/mol. The van der Waals surface area contributed by atoms with Gasteiger partial charge in [0, 0.05) is 31.7 Å². The highest BCUT2D eigenvalue weighted by molar-refractivity contribution is 4.87. The molecule has 2 nitrogen and oxygen atoms in total. The van der Waals surface area contributed by atoms with E-state index in [2.05, 4.69) is 51.8 Å². The van der Waals surface area contributed by atoms with Crippen LogP contribution in [0.2, 0.25) is 0 Å². The Balaban J connectivity index is 2.57. The molecule has 1 saturated heterocycles. The lowest BCUT2D eigenvalue weighted by molar-refractivity contribution is 0.0701. The Kier molecular flexibility index (Phi) is 4.81. The van der Waals surface area contributed by atoms with Crippen molar-refractivity contribution in [2.24, 2.45) is 11.3 Å². The number of hydrogen-bond acceptors (Lipinski definition) is 2. The summed E-state index contributed by atoms with van der Waals surface area (Å²) in [7, 11) is 0. The average molecular weight is 226 g/mol. The van der Waals surface area contributed by atoms with Crippen molar-refractivity contribution in [2.75, 3.05) is 19.6 Å². The standard InChI is InChI=1S/C14H30N2/c1-7-13-9-16(12(4)8-15-13)10-14(5,6)11(2)3/h11-13,15H,7-10H2,1-6H3. The molecular formula is C14H30N2. The summed E-state index contributed by atoms with van der Waals surface area (Å²) in [4.78, 5) is 2.67. The Hall–Kier alpha value is -0.0800. The first-order valence-corrected chi connectivity index (χ1v) is 6.84. The van der Waals surface area contributed by atoms with Crippen LogP contribution in [0.25, 0.3) is 0 Å². The van der Waals surface area contributed by atoms with Crippen LogP contribution >= 0.6 is 0 Å². The van der Waals surface area contributed by atoms with Gasteiger partial charge in [0.1, 0.15) is 0 Å². The minimum atomic E-state index is 0.421. The summed E-state index contributed by atoms with van der Waals surface area (Å²) in [6.45, 7) is 17.7. The molecule has 0 amide bonds. The van der Waals surface area contributed by atoms with E-state index in [4.69, 9.17) is 0 Å². The lowest BCUT2D eigenvalue weighted by Crippen LogP contribution is -2.57. The first-order valence-electron chi connectivity index (χ1n) is 6.84. The van der Waals surface area contributed by atoms with Gasteiger partial charge in [-0.15, -0.1) is 0 Å². The van der Waals surface area contributed by atoms with Crippen molar-refractivity contribution in [1.82, 2.24) is 10.2 Å². The maximum atomic E-state index is 3.62. The largest absolute Gasteiger partial charge is 0.311 e. The van der Waals surface area contributed by atoms with Gasteiger partial charge in [-0.2, -0.15) is 0 Å². The van der Waals surface area contributed by atoms with Crippen molar-refractivity contribution in [3.63, 3.8) is 0 Å². The molecule has 16 heavy (non-hydrogen) atoms. The molecule has 0 radical (unpaired) electrons. The van der Waals surface area contributed by atoms with E-state index in [1.807, 2.05) is 0 Å². The van der Waals surface area contributed by atoms with Crippen LogP contribution in [0.1, 0.15) is 48.0 Å². The molecule has 0 aromatic carbocycles. The van der Waals surface area contributed by atoms with E-state index in [-0.39, 0.29) is 0 Å². The number of nitrogens with zero attached hydrogens (tertiary/aromatic N) is 1. The predicted molar refractivity (Wildman–Crippen MR) is 71.7 cm³/mol. The Labute approximate surface area is 102 Å². The summed E-state index contributed by atoms with van der Waals surface area (Å²) in [5, 5.41) is 3.62. The zero-order valence-corrected chi connectivity index (χ0v) is 12.0. The van der Waals surface area contributed by atoms with Crippen molar-refractivity contribution >= 4 is 0 Å². The van der Waals surface area contributed by atoms with Gasteiger partial charge in [-0.1, -0.05) is 34.6 Å². The summed E-state index contributed by atoms with van der Waals surface area (Å²) in [6, 6.07) is 1.37. The molecule has 0 spiro atoms. The maximum Gasteiger partial charge on any atom is 0.0193 e. The highest BCUT2D eigenvalue weighted by atomic mass is 15.2. The highest BCUT2D eigenvalue weighted by Crippen LogP contribution is 2.28. The Morgan fingerprint density at radius 3 is 2.50 bits per heavy atom. The SMILES string of the molecule is CCC1CN(CC(C)(C)C(C)C)C(C)CN1. The molecule has 0 saturated carbocycles. The summed E-state index contributed by atoms with van der Waals surface area (Å²) in [6.07, 6.45) is 1.24. The minimum Gasteiger partial charge on any atom is -0.311 e. The van der Waals surface area contributed by atoms with Crippen molar-refractivity contribution in [2.45, 2.75) is 60.0 Å². The number of hydrogen-bond donors (Lipinski definition) is 1. The van der Waals surface area contributed by atoms with E-state index in [9.17, 15) is 0 Å². The third kappa shape index (κ3) is 3.46. The van der Waals surface area contributed by atoms with Crippen LogP contribution in [0.4, 0.5) is 0 Å². The van der Waals surface area contributed by atoms with Gasteiger partial charge < -0.3 is 5.32 Å². The zero-order chi connectivity index (χ0) is 12.3. The summed E-state index contributed by atoms with van der Waals surface area (Å²) in [5.74, 6) is 0.745. The van der Waals surface area contributed by atoms with Crippen LogP contribution in [0, 0.1) is 11.3 Å². The first kappa shape index (κ1) is 14.0. The van der Waals surface area contributed by atoms with Crippen molar-refractivity contribution in [3.05, 3.63) is 0 Å². The van der Waals surface area contributed by atoms with Crippen LogP contribution < -0.4 is 5.32 Å². The van der Waals surface area contributed by atoms with Gasteiger partial charge in [-0.05, 0) is 24.7 Å². The molecule has 2 heteroatoms. The summed E-state index contributed by atoms with van der Waals surface area (Å²) < 4.78 is 0. The maximum absolute atomic E-state index is 3.62. The molecule has 1 fully saturated rings. The molecule has 0 bridgehead atoms. The molecule has 1 heterocycles. The zero-order valence-electron chi connectivity index (χ0n) is 12.0. The second-order valence-corrected chi connectivity index (χ2v) is 6.44. The van der Waals surface area contributed by atoms with E-state index in [0.717, 1.165) is 12.5 Å². The Bertz CT molecular complexity index is 211. The molecule has 96 valence electrons. The molecule has 0 aliphatic carbocycles. The van der Waals surface area contributed by atoms with Gasteiger partial charge in [0.15, 0.2) is 0 Å². The fourth-order valence-corrected chi connectivity index (χ4v) is 2.19. The van der Waals surface area contributed by atoms with E-state index in [1.165, 1.54) is 19.5 Å². The van der Waals surface area contributed by atoms with E-state index < -0.39 is 0 Å². The second kappa shape index (κ2) is 5.50. The summed E-state index contributed by atoms with van der Waals surface area (Å²) in [5.41, 5.74) is 0.421. The highest BCUT2D eigenvalue weighted by Gasteiger charge is 2.30. The van der Waals surface area contributed by atoms with E-state index in [0.29, 0.717) is 17.5 Å². The third-order valence-corrected chi connectivity index (χ3v) is 4.45. The lowest BCUT2D eigenvalue weighted by atomic mass is 9.80. The average Bonchev–Trinajstić information content (AvgIpc) is 2.21. The van der Waals surface area contributed by atoms with Crippen LogP contribution in [0.15, 0.2) is 0 Å². The van der Waals surface area contributed by atoms with Gasteiger partial charge in [0.05, 0.1) is 0 Å². The normalized spacial score (nSPS) is 28.7. The van der Waals surface area contributed by atoms with Gasteiger partial charge >= 0.3 is 0 Å². The number of nitrogens with one attached hydrogen (secondary N) is 1. The third-order valence-electron chi connectivity index (χ3n) is 4.45. The molecule has 1 rings (SSSR count). The van der Waals surface area contributed by atoms with Crippen LogP contribution in [-0.4, -0.2) is 36.6 Å². The summed E-state index contributed by atoms with van der Waals surface area (Å²) >= 11 is 0. The van der Waals surface area contributed by atoms with E-state index in [1.54, 1.807) is 0 Å². The second-order valence-electron chi connectivity index (χ2n) is 6.44. The molecule has 0 aromatic rings. The van der Waals surface area contributed by atoms with Crippen molar-refractivity contribution in [1.29, 1.82) is 0 Å². The molecule has 2 unspecified atom stereocenters. The quantitative estimate of drug-likeness (QED) is 0.793. The topological polar surface area (TPSA) is 15.3 Å². The lowest BCUT2D eigenvalue weighted by Gasteiger charge is -2.43. The Morgan fingerprint density at radius 2 is 2.00 bits per heavy atom. The molecule has 2 atom stereocenters. The minimum absolute atomic E-state index is 0.421. The fraction of sp³-hybridized carbons (Fsp3) is 1.00. The fourth-order valence-electron chi connectivity index (χ4n) is 2.19. The van der Waals surface area contributed by atoms with Crippen LogP contribution in [-0.2, 0) is 0 Å². The molecular weight excluding hydrogens is 196 g/mol. The van der Waals surface area contributed by atoms with Gasteiger partial charge in [0.25, 0.3) is 0 Å². The van der Waals surface area contributed by atoms with Crippen molar-refractivity contribution < 1.29 is 0 Å². The molecule has 1 N–H and O–H groups in total. The predicted octanol–water partition coefficient (Wildman–Crippen LogP) is 2.74. The van der Waals surface area contributed by atoms with Gasteiger partial charge in [-0.25, -0.2) is 0 Å². The van der Waals surface area contributed by atoms with Gasteiger partial charge in [0.2, 0.25) is 0 Å². The molecule has 0 aromatic heterocycles. The van der Waals surface area contributed by atoms with Crippen molar-refractivity contribution in [3.8, 4) is 0 Å². The molecule has 1 aliphatic rings. The number of rotatable bonds is 4. The number of piperazine rings is 1. The smallest absolute Gasteiger partial charge is 0.0193 e. The molecule has 1 aliphatic heterocycles. The van der Waals surface area contributed by atoms with E-state index >= 15 is 0 Å². The first-order chi connectivity index (χ1) is 7.36. The van der Waals surface area contributed by atoms with Crippen LogP contribution in [0.5, 0.6) is 0 Å².